The average Bonchev–Trinajstić information content (AvgIpc) is 2.82. The van der Waals surface area contributed by atoms with Crippen molar-refractivity contribution in [2.45, 2.75) is 45.7 Å². The Balaban J connectivity index is 1.80. The molecule has 1 N–H and O–H groups in total. The molecule has 2 heteroatoms. The first-order valence-corrected chi connectivity index (χ1v) is 8.26. The molecule has 1 aromatic rings. The number of fused-ring (bicyclic) bond motifs is 1. The van der Waals surface area contributed by atoms with Gasteiger partial charge in [-0.15, -0.1) is 0 Å². The Morgan fingerprint density at radius 2 is 2.00 bits per heavy atom. The van der Waals surface area contributed by atoms with Crippen LogP contribution in [0.25, 0.3) is 0 Å². The van der Waals surface area contributed by atoms with Gasteiger partial charge in [0, 0.05) is 18.6 Å². The summed E-state index contributed by atoms with van der Waals surface area (Å²) in [6, 6.07) is 10.2. The standard InChI is InChI=1S/C18H28N2/c1-4-19-18-16-8-6-5-7-15(16)11-17(18)20-10-9-13(2)14(3)12-20/h5-8,13-14,17-19H,4,9-12H2,1-3H3. The number of nitrogens with zero attached hydrogens (tertiary/aromatic N) is 1. The average molecular weight is 272 g/mol. The van der Waals surface area contributed by atoms with Crippen LogP contribution >= 0.6 is 0 Å². The minimum atomic E-state index is 0.525. The molecule has 0 aromatic heterocycles. The molecule has 0 bridgehead atoms. The quantitative estimate of drug-likeness (QED) is 0.909. The van der Waals surface area contributed by atoms with Crippen LogP contribution in [0.3, 0.4) is 0 Å². The topological polar surface area (TPSA) is 15.3 Å². The maximum absolute atomic E-state index is 3.73. The zero-order valence-corrected chi connectivity index (χ0v) is 13.1. The Morgan fingerprint density at radius 1 is 1.20 bits per heavy atom. The van der Waals surface area contributed by atoms with E-state index in [4.69, 9.17) is 0 Å². The number of piperidine rings is 1. The van der Waals surface area contributed by atoms with Crippen molar-refractivity contribution < 1.29 is 0 Å². The maximum atomic E-state index is 3.73. The van der Waals surface area contributed by atoms with E-state index >= 15 is 0 Å². The predicted molar refractivity (Wildman–Crippen MR) is 84.9 cm³/mol. The lowest BCUT2D eigenvalue weighted by Gasteiger charge is -2.41. The van der Waals surface area contributed by atoms with Crippen molar-refractivity contribution in [3.63, 3.8) is 0 Å². The van der Waals surface area contributed by atoms with Gasteiger partial charge < -0.3 is 5.32 Å². The number of rotatable bonds is 3. The highest BCUT2D eigenvalue weighted by Gasteiger charge is 2.37. The summed E-state index contributed by atoms with van der Waals surface area (Å²) in [5, 5.41) is 3.73. The van der Waals surface area contributed by atoms with Crippen molar-refractivity contribution in [1.29, 1.82) is 0 Å². The SMILES string of the molecule is CCNC1c2ccccc2CC1N1CCC(C)C(C)C1. The Kier molecular flexibility index (Phi) is 4.13. The van der Waals surface area contributed by atoms with Crippen molar-refractivity contribution >= 4 is 0 Å². The summed E-state index contributed by atoms with van der Waals surface area (Å²) in [5.74, 6) is 1.71. The third-order valence-corrected chi connectivity index (χ3v) is 5.46. The fourth-order valence-electron chi connectivity index (χ4n) is 3.98. The van der Waals surface area contributed by atoms with E-state index < -0.39 is 0 Å². The van der Waals surface area contributed by atoms with Gasteiger partial charge in [0.25, 0.3) is 0 Å². The molecule has 1 aliphatic carbocycles. The molecule has 0 radical (unpaired) electrons. The number of hydrogen-bond donors (Lipinski definition) is 1. The van der Waals surface area contributed by atoms with E-state index in [9.17, 15) is 0 Å². The van der Waals surface area contributed by atoms with Crippen LogP contribution in [-0.2, 0) is 6.42 Å². The summed E-state index contributed by atoms with van der Waals surface area (Å²) in [5.41, 5.74) is 3.08. The monoisotopic (exact) mass is 272 g/mol. The molecule has 4 unspecified atom stereocenters. The minimum absolute atomic E-state index is 0.525. The van der Waals surface area contributed by atoms with Crippen LogP contribution in [-0.4, -0.2) is 30.6 Å². The molecule has 1 fully saturated rings. The molecule has 1 aliphatic heterocycles. The van der Waals surface area contributed by atoms with E-state index in [1.165, 1.54) is 31.5 Å². The fraction of sp³-hybridized carbons (Fsp3) is 0.667. The highest BCUT2D eigenvalue weighted by atomic mass is 15.2. The predicted octanol–water partition coefficient (Wildman–Crippen LogP) is 3.24. The van der Waals surface area contributed by atoms with Crippen LogP contribution in [0.1, 0.15) is 44.4 Å². The first-order chi connectivity index (χ1) is 9.70. The van der Waals surface area contributed by atoms with E-state index in [0.717, 1.165) is 18.4 Å². The lowest BCUT2D eigenvalue weighted by atomic mass is 9.87. The Hall–Kier alpha value is -0.860. The summed E-state index contributed by atoms with van der Waals surface area (Å²) >= 11 is 0. The second kappa shape index (κ2) is 5.87. The molecule has 1 saturated heterocycles. The molecule has 2 aliphatic rings. The van der Waals surface area contributed by atoms with Gasteiger partial charge in [0.2, 0.25) is 0 Å². The number of nitrogens with one attached hydrogen (secondary N) is 1. The van der Waals surface area contributed by atoms with E-state index in [1.54, 1.807) is 5.56 Å². The summed E-state index contributed by atoms with van der Waals surface area (Å²) in [4.78, 5) is 2.75. The molecule has 4 atom stereocenters. The first-order valence-electron chi connectivity index (χ1n) is 8.26. The second-order valence-electron chi connectivity index (χ2n) is 6.74. The van der Waals surface area contributed by atoms with Gasteiger partial charge in [-0.05, 0) is 48.9 Å². The maximum Gasteiger partial charge on any atom is 0.0484 e. The molecule has 1 heterocycles. The zero-order valence-electron chi connectivity index (χ0n) is 13.1. The largest absolute Gasteiger partial charge is 0.309 e. The fourth-order valence-corrected chi connectivity index (χ4v) is 3.98. The summed E-state index contributed by atoms with van der Waals surface area (Å²) in [7, 11) is 0. The van der Waals surface area contributed by atoms with Crippen LogP contribution in [0, 0.1) is 11.8 Å². The smallest absolute Gasteiger partial charge is 0.0484 e. The minimum Gasteiger partial charge on any atom is -0.309 e. The van der Waals surface area contributed by atoms with Crippen LogP contribution in [0.2, 0.25) is 0 Å². The Labute approximate surface area is 123 Å². The molecule has 0 saturated carbocycles. The molecule has 0 spiro atoms. The van der Waals surface area contributed by atoms with Crippen molar-refractivity contribution in [2.75, 3.05) is 19.6 Å². The van der Waals surface area contributed by atoms with Gasteiger partial charge in [0.1, 0.15) is 0 Å². The summed E-state index contributed by atoms with van der Waals surface area (Å²) in [6.07, 6.45) is 2.57. The number of likely N-dealkylation sites (N-methyl/N-ethyl adjacent to an activating group) is 1. The lowest BCUT2D eigenvalue weighted by Crippen LogP contribution is -2.48. The van der Waals surface area contributed by atoms with Crippen molar-refractivity contribution in [1.82, 2.24) is 10.2 Å². The molecule has 1 aromatic carbocycles. The molecule has 2 nitrogen and oxygen atoms in total. The number of likely N-dealkylation sites (tertiary alicyclic amines) is 1. The van der Waals surface area contributed by atoms with E-state index in [0.29, 0.717) is 12.1 Å². The molecule has 3 rings (SSSR count). The molecular weight excluding hydrogens is 244 g/mol. The molecule has 20 heavy (non-hydrogen) atoms. The van der Waals surface area contributed by atoms with Gasteiger partial charge in [0.15, 0.2) is 0 Å². The second-order valence-corrected chi connectivity index (χ2v) is 6.74. The van der Waals surface area contributed by atoms with E-state index in [1.807, 2.05) is 0 Å². The van der Waals surface area contributed by atoms with Crippen molar-refractivity contribution in [3.8, 4) is 0 Å². The Bertz CT molecular complexity index is 456. The van der Waals surface area contributed by atoms with E-state index in [2.05, 4.69) is 55.3 Å². The van der Waals surface area contributed by atoms with Crippen molar-refractivity contribution in [3.05, 3.63) is 35.4 Å². The number of hydrogen-bond acceptors (Lipinski definition) is 2. The van der Waals surface area contributed by atoms with Crippen LogP contribution < -0.4 is 5.32 Å². The van der Waals surface area contributed by atoms with Gasteiger partial charge >= 0.3 is 0 Å². The molecular formula is C18H28N2. The highest BCUT2D eigenvalue weighted by Crippen LogP contribution is 2.36. The summed E-state index contributed by atoms with van der Waals surface area (Å²) < 4.78 is 0. The van der Waals surface area contributed by atoms with E-state index in [-0.39, 0.29) is 0 Å². The van der Waals surface area contributed by atoms with Gasteiger partial charge in [-0.2, -0.15) is 0 Å². The van der Waals surface area contributed by atoms with Gasteiger partial charge in [-0.3, -0.25) is 4.90 Å². The Morgan fingerprint density at radius 3 is 2.75 bits per heavy atom. The third-order valence-electron chi connectivity index (χ3n) is 5.46. The van der Waals surface area contributed by atoms with Crippen molar-refractivity contribution in [2.24, 2.45) is 11.8 Å². The third kappa shape index (κ3) is 2.51. The van der Waals surface area contributed by atoms with Crippen LogP contribution in [0.4, 0.5) is 0 Å². The van der Waals surface area contributed by atoms with Crippen LogP contribution in [0.5, 0.6) is 0 Å². The van der Waals surface area contributed by atoms with Gasteiger partial charge in [-0.1, -0.05) is 45.0 Å². The van der Waals surface area contributed by atoms with Crippen LogP contribution in [0.15, 0.2) is 24.3 Å². The van der Waals surface area contributed by atoms with Gasteiger partial charge in [0.05, 0.1) is 0 Å². The highest BCUT2D eigenvalue weighted by molar-refractivity contribution is 5.37. The molecule has 110 valence electrons. The normalized spacial score (nSPS) is 34.1. The zero-order chi connectivity index (χ0) is 14.1. The summed E-state index contributed by atoms with van der Waals surface area (Å²) in [6.45, 7) is 10.6. The first kappa shape index (κ1) is 14.1. The lowest BCUT2D eigenvalue weighted by molar-refractivity contribution is 0.0818. The number of benzene rings is 1. The van der Waals surface area contributed by atoms with Gasteiger partial charge in [-0.25, -0.2) is 0 Å². The molecule has 0 amide bonds.